The van der Waals surface area contributed by atoms with E-state index in [1.165, 1.54) is 5.56 Å². The molecule has 1 aromatic carbocycles. The number of ether oxygens (including phenoxy) is 2. The van der Waals surface area contributed by atoms with E-state index in [9.17, 15) is 4.79 Å². The van der Waals surface area contributed by atoms with Crippen molar-refractivity contribution in [2.45, 2.75) is 25.0 Å². The van der Waals surface area contributed by atoms with E-state index in [-0.39, 0.29) is 18.0 Å². The standard InChI is InChI=1S/C21H26N2O3S.CH2O2/c1-25-19-4-2-3-17(13-19)14-22-8-6-21(7-9-22)16-23(10-11-26-21)20(24)18-5-12-27-15-18;2-1-3/h2-5,12-13,15H,6-11,14,16H2,1H3;1H,(H,2,3). The second kappa shape index (κ2) is 10.6. The molecule has 2 aromatic rings. The number of likely N-dealkylation sites (tertiary alicyclic amines) is 1. The predicted octanol–water partition coefficient (Wildman–Crippen LogP) is 2.96. The third kappa shape index (κ3) is 5.59. The smallest absolute Gasteiger partial charge is 0.290 e. The molecule has 0 atom stereocenters. The van der Waals surface area contributed by atoms with Gasteiger partial charge < -0.3 is 19.5 Å². The molecule has 8 heteroatoms. The van der Waals surface area contributed by atoms with Crippen LogP contribution in [0.15, 0.2) is 41.1 Å². The number of morpholine rings is 1. The van der Waals surface area contributed by atoms with Gasteiger partial charge in [-0.3, -0.25) is 14.5 Å². The van der Waals surface area contributed by atoms with Crippen molar-refractivity contribution >= 4 is 23.7 Å². The quantitative estimate of drug-likeness (QED) is 0.749. The van der Waals surface area contributed by atoms with Crippen LogP contribution < -0.4 is 4.74 Å². The van der Waals surface area contributed by atoms with Gasteiger partial charge in [0.2, 0.25) is 0 Å². The van der Waals surface area contributed by atoms with Gasteiger partial charge in [-0.1, -0.05) is 12.1 Å². The minimum absolute atomic E-state index is 0.137. The summed E-state index contributed by atoms with van der Waals surface area (Å²) in [7, 11) is 1.70. The summed E-state index contributed by atoms with van der Waals surface area (Å²) >= 11 is 1.57. The Labute approximate surface area is 180 Å². The Balaban J connectivity index is 0.000000806. The number of rotatable bonds is 4. The number of amides is 1. The maximum atomic E-state index is 12.7. The largest absolute Gasteiger partial charge is 0.497 e. The Morgan fingerprint density at radius 2 is 2.07 bits per heavy atom. The highest BCUT2D eigenvalue weighted by atomic mass is 32.1. The van der Waals surface area contributed by atoms with Crippen LogP contribution in [0.2, 0.25) is 0 Å². The molecule has 1 N–H and O–H groups in total. The molecule has 0 radical (unpaired) electrons. The number of piperidine rings is 1. The second-order valence-electron chi connectivity index (χ2n) is 7.50. The number of thiophene rings is 1. The van der Waals surface area contributed by atoms with Crippen LogP contribution in [0.5, 0.6) is 5.75 Å². The molecule has 0 aliphatic carbocycles. The van der Waals surface area contributed by atoms with E-state index in [0.29, 0.717) is 19.7 Å². The van der Waals surface area contributed by atoms with Gasteiger partial charge in [0, 0.05) is 31.6 Å². The first-order chi connectivity index (χ1) is 14.6. The minimum atomic E-state index is -0.250. The monoisotopic (exact) mass is 432 g/mol. The lowest BCUT2D eigenvalue weighted by Crippen LogP contribution is -2.57. The third-order valence-corrected chi connectivity index (χ3v) is 6.29. The molecule has 7 nitrogen and oxygen atoms in total. The van der Waals surface area contributed by atoms with E-state index >= 15 is 0 Å². The normalized spacial score (nSPS) is 18.4. The summed E-state index contributed by atoms with van der Waals surface area (Å²) in [6.07, 6.45) is 1.93. The molecule has 1 amide bonds. The van der Waals surface area contributed by atoms with Gasteiger partial charge in [0.1, 0.15) is 5.75 Å². The molecule has 0 saturated carbocycles. The van der Waals surface area contributed by atoms with Crippen molar-refractivity contribution < 1.29 is 24.2 Å². The molecule has 2 fully saturated rings. The molecule has 30 heavy (non-hydrogen) atoms. The highest BCUT2D eigenvalue weighted by Gasteiger charge is 2.41. The molecule has 0 bridgehead atoms. The fraction of sp³-hybridized carbons (Fsp3) is 0.455. The molecule has 162 valence electrons. The Hall–Kier alpha value is -2.42. The first-order valence-electron chi connectivity index (χ1n) is 9.98. The van der Waals surface area contributed by atoms with Gasteiger partial charge in [-0.25, -0.2) is 0 Å². The molecular weight excluding hydrogens is 404 g/mol. The molecule has 2 aliphatic heterocycles. The Morgan fingerprint density at radius 3 is 2.73 bits per heavy atom. The molecule has 1 spiro atoms. The van der Waals surface area contributed by atoms with Crippen molar-refractivity contribution in [3.63, 3.8) is 0 Å². The van der Waals surface area contributed by atoms with Gasteiger partial charge in [-0.2, -0.15) is 11.3 Å². The summed E-state index contributed by atoms with van der Waals surface area (Å²) in [5.41, 5.74) is 1.88. The fourth-order valence-electron chi connectivity index (χ4n) is 4.04. The third-order valence-electron chi connectivity index (χ3n) is 5.61. The van der Waals surface area contributed by atoms with Crippen LogP contribution in [0, 0.1) is 0 Å². The zero-order chi connectivity index (χ0) is 21.4. The number of carbonyl (C=O) groups is 2. The van der Waals surface area contributed by atoms with E-state index in [4.69, 9.17) is 19.4 Å². The fourth-order valence-corrected chi connectivity index (χ4v) is 4.67. The first kappa shape index (κ1) is 22.3. The lowest BCUT2D eigenvalue weighted by molar-refractivity contribution is -0.127. The van der Waals surface area contributed by atoms with Crippen LogP contribution in [0.4, 0.5) is 0 Å². The molecule has 1 aromatic heterocycles. The highest BCUT2D eigenvalue weighted by molar-refractivity contribution is 7.08. The molecule has 0 unspecified atom stereocenters. The number of methoxy groups -OCH3 is 1. The van der Waals surface area contributed by atoms with E-state index in [0.717, 1.165) is 43.8 Å². The molecule has 3 heterocycles. The lowest BCUT2D eigenvalue weighted by atomic mass is 9.89. The van der Waals surface area contributed by atoms with E-state index < -0.39 is 0 Å². The van der Waals surface area contributed by atoms with Crippen molar-refractivity contribution in [3.05, 3.63) is 52.2 Å². The molecular formula is C22H28N2O5S. The van der Waals surface area contributed by atoms with Crippen LogP contribution in [-0.4, -0.2) is 72.8 Å². The van der Waals surface area contributed by atoms with Gasteiger partial charge in [0.25, 0.3) is 12.4 Å². The van der Waals surface area contributed by atoms with Crippen LogP contribution in [0.3, 0.4) is 0 Å². The van der Waals surface area contributed by atoms with E-state index in [1.807, 2.05) is 33.9 Å². The summed E-state index contributed by atoms with van der Waals surface area (Å²) in [5.74, 6) is 1.04. The maximum Gasteiger partial charge on any atom is 0.290 e. The summed E-state index contributed by atoms with van der Waals surface area (Å²) in [4.78, 5) is 25.5. The number of hydrogen-bond acceptors (Lipinski definition) is 6. The van der Waals surface area contributed by atoms with Crippen LogP contribution >= 0.6 is 11.3 Å². The van der Waals surface area contributed by atoms with Gasteiger partial charge in [-0.15, -0.1) is 0 Å². The summed E-state index contributed by atoms with van der Waals surface area (Å²) in [5, 5.41) is 10.8. The van der Waals surface area contributed by atoms with Crippen LogP contribution in [-0.2, 0) is 16.1 Å². The average Bonchev–Trinajstić information content (AvgIpc) is 3.31. The Bertz CT molecular complexity index is 819. The molecule has 2 saturated heterocycles. The number of benzene rings is 1. The highest BCUT2D eigenvalue weighted by Crippen LogP contribution is 2.31. The van der Waals surface area contributed by atoms with Crippen LogP contribution in [0.1, 0.15) is 28.8 Å². The predicted molar refractivity (Wildman–Crippen MR) is 115 cm³/mol. The zero-order valence-electron chi connectivity index (χ0n) is 17.2. The molecule has 4 rings (SSSR count). The average molecular weight is 433 g/mol. The summed E-state index contributed by atoms with van der Waals surface area (Å²) in [6.45, 7) is 4.66. The Morgan fingerprint density at radius 1 is 1.30 bits per heavy atom. The van der Waals surface area contributed by atoms with Gasteiger partial charge >= 0.3 is 0 Å². The number of carboxylic acid groups (broad SMARTS) is 1. The van der Waals surface area contributed by atoms with Gasteiger partial charge in [0.05, 0.1) is 31.4 Å². The lowest BCUT2D eigenvalue weighted by Gasteiger charge is -2.47. The van der Waals surface area contributed by atoms with Crippen molar-refractivity contribution in [3.8, 4) is 5.75 Å². The van der Waals surface area contributed by atoms with Crippen molar-refractivity contribution in [1.82, 2.24) is 9.80 Å². The number of carbonyl (C=O) groups excluding carboxylic acids is 1. The number of nitrogens with zero attached hydrogens (tertiary/aromatic N) is 2. The SMILES string of the molecule is COc1cccc(CN2CCC3(CC2)CN(C(=O)c2ccsc2)CCO3)c1.O=CO. The van der Waals surface area contributed by atoms with Crippen molar-refractivity contribution in [2.75, 3.05) is 39.9 Å². The van der Waals surface area contributed by atoms with E-state index in [1.54, 1.807) is 18.4 Å². The van der Waals surface area contributed by atoms with Crippen LogP contribution in [0.25, 0.3) is 0 Å². The van der Waals surface area contributed by atoms with Gasteiger partial charge in [0.15, 0.2) is 0 Å². The second-order valence-corrected chi connectivity index (χ2v) is 8.28. The van der Waals surface area contributed by atoms with Gasteiger partial charge in [-0.05, 0) is 42.0 Å². The summed E-state index contributed by atoms with van der Waals surface area (Å²) < 4.78 is 11.5. The van der Waals surface area contributed by atoms with Crippen molar-refractivity contribution in [1.29, 1.82) is 0 Å². The number of hydrogen-bond donors (Lipinski definition) is 1. The summed E-state index contributed by atoms with van der Waals surface area (Å²) in [6, 6.07) is 10.2. The first-order valence-corrected chi connectivity index (χ1v) is 10.9. The molecule has 2 aliphatic rings. The Kier molecular flexibility index (Phi) is 7.84. The van der Waals surface area contributed by atoms with Crippen molar-refractivity contribution in [2.24, 2.45) is 0 Å². The topological polar surface area (TPSA) is 79.3 Å². The zero-order valence-corrected chi connectivity index (χ0v) is 18.0. The minimum Gasteiger partial charge on any atom is -0.497 e. The van der Waals surface area contributed by atoms with E-state index in [2.05, 4.69) is 17.0 Å². The maximum absolute atomic E-state index is 12.7.